The molecule has 1 aliphatic heterocycles. The van der Waals surface area contributed by atoms with Crippen molar-refractivity contribution < 1.29 is 8.91 Å². The zero-order valence-electron chi connectivity index (χ0n) is 15.2. The number of nitrogens with one attached hydrogen (secondary N) is 1. The van der Waals surface area contributed by atoms with Gasteiger partial charge in [-0.25, -0.2) is 4.39 Å². The first-order valence-electron chi connectivity index (χ1n) is 9.14. The topological polar surface area (TPSA) is 56.9 Å². The van der Waals surface area contributed by atoms with Crippen LogP contribution in [-0.2, 0) is 13.0 Å². The number of aromatic nitrogens is 1. The smallest absolute Gasteiger partial charge is 0.194 e. The standard InChI is InChI=1S/C19H26FN5O/c1-2-21-19(22-9-7-16-3-5-17(20)6-4-16)25-12-10-24(11-13-25)15-18-8-14-26-23-18/h3-6,8,14H,2,7,9-13,15H2,1H3,(H,21,22). The molecule has 0 atom stereocenters. The summed E-state index contributed by atoms with van der Waals surface area (Å²) in [5.41, 5.74) is 2.07. The molecule has 1 aromatic carbocycles. The maximum absolute atomic E-state index is 13.0. The van der Waals surface area contributed by atoms with Crippen molar-refractivity contribution in [1.82, 2.24) is 20.3 Å². The Labute approximate surface area is 153 Å². The molecule has 2 aromatic rings. The van der Waals surface area contributed by atoms with Gasteiger partial charge in [-0.2, -0.15) is 0 Å². The Balaban J connectivity index is 1.50. The van der Waals surface area contributed by atoms with E-state index in [1.807, 2.05) is 18.2 Å². The van der Waals surface area contributed by atoms with E-state index < -0.39 is 0 Å². The number of hydrogen-bond donors (Lipinski definition) is 1. The van der Waals surface area contributed by atoms with Gasteiger partial charge in [0.15, 0.2) is 5.96 Å². The van der Waals surface area contributed by atoms with Crippen molar-refractivity contribution in [3.8, 4) is 0 Å². The highest BCUT2D eigenvalue weighted by atomic mass is 19.1. The monoisotopic (exact) mass is 359 g/mol. The average Bonchev–Trinajstić information content (AvgIpc) is 3.16. The van der Waals surface area contributed by atoms with Crippen molar-refractivity contribution >= 4 is 5.96 Å². The molecule has 0 aliphatic carbocycles. The normalized spacial score (nSPS) is 16.1. The summed E-state index contributed by atoms with van der Waals surface area (Å²) < 4.78 is 17.9. The number of rotatable bonds is 6. The van der Waals surface area contributed by atoms with Crippen molar-refractivity contribution in [3.05, 3.63) is 53.7 Å². The van der Waals surface area contributed by atoms with Crippen LogP contribution >= 0.6 is 0 Å². The Hall–Kier alpha value is -2.41. The SMILES string of the molecule is CCNC(=NCCc1ccc(F)cc1)N1CCN(Cc2ccon2)CC1. The van der Waals surface area contributed by atoms with Gasteiger partial charge in [0.1, 0.15) is 12.1 Å². The zero-order chi connectivity index (χ0) is 18.2. The molecule has 140 valence electrons. The van der Waals surface area contributed by atoms with Gasteiger partial charge in [-0.3, -0.25) is 9.89 Å². The van der Waals surface area contributed by atoms with Crippen LogP contribution in [0.1, 0.15) is 18.2 Å². The third kappa shape index (κ3) is 5.29. The summed E-state index contributed by atoms with van der Waals surface area (Å²) in [6.45, 7) is 8.23. The van der Waals surface area contributed by atoms with Gasteiger partial charge in [0.2, 0.25) is 0 Å². The molecular weight excluding hydrogens is 333 g/mol. The number of nitrogens with zero attached hydrogens (tertiary/aromatic N) is 4. The van der Waals surface area contributed by atoms with E-state index in [0.717, 1.165) is 62.9 Å². The van der Waals surface area contributed by atoms with Crippen LogP contribution in [0.5, 0.6) is 0 Å². The first-order valence-corrected chi connectivity index (χ1v) is 9.14. The zero-order valence-corrected chi connectivity index (χ0v) is 15.2. The molecule has 0 bridgehead atoms. The fraction of sp³-hybridized carbons (Fsp3) is 0.474. The first-order chi connectivity index (χ1) is 12.7. The van der Waals surface area contributed by atoms with Crippen molar-refractivity contribution in [2.75, 3.05) is 39.3 Å². The van der Waals surface area contributed by atoms with Gasteiger partial charge in [-0.1, -0.05) is 17.3 Å². The second-order valence-electron chi connectivity index (χ2n) is 6.37. The molecule has 1 N–H and O–H groups in total. The van der Waals surface area contributed by atoms with E-state index in [4.69, 9.17) is 9.52 Å². The Morgan fingerprint density at radius 2 is 1.96 bits per heavy atom. The number of benzene rings is 1. The largest absolute Gasteiger partial charge is 0.364 e. The number of halogens is 1. The Kier molecular flexibility index (Phi) is 6.60. The molecule has 7 heteroatoms. The molecule has 6 nitrogen and oxygen atoms in total. The highest BCUT2D eigenvalue weighted by Crippen LogP contribution is 2.08. The maximum atomic E-state index is 13.0. The fourth-order valence-electron chi connectivity index (χ4n) is 3.03. The lowest BCUT2D eigenvalue weighted by atomic mass is 10.1. The van der Waals surface area contributed by atoms with Gasteiger partial charge in [-0.05, 0) is 31.0 Å². The highest BCUT2D eigenvalue weighted by Gasteiger charge is 2.20. The molecule has 0 amide bonds. The van der Waals surface area contributed by atoms with E-state index in [-0.39, 0.29) is 5.82 Å². The Morgan fingerprint density at radius 1 is 1.19 bits per heavy atom. The molecule has 0 saturated carbocycles. The van der Waals surface area contributed by atoms with Crippen molar-refractivity contribution in [2.24, 2.45) is 4.99 Å². The van der Waals surface area contributed by atoms with Crippen molar-refractivity contribution in [1.29, 1.82) is 0 Å². The summed E-state index contributed by atoms with van der Waals surface area (Å²) in [7, 11) is 0. The summed E-state index contributed by atoms with van der Waals surface area (Å²) in [4.78, 5) is 9.42. The van der Waals surface area contributed by atoms with E-state index in [0.29, 0.717) is 6.54 Å². The third-order valence-corrected chi connectivity index (χ3v) is 4.46. The van der Waals surface area contributed by atoms with E-state index >= 15 is 0 Å². The summed E-state index contributed by atoms with van der Waals surface area (Å²) in [5, 5.41) is 7.36. The average molecular weight is 359 g/mol. The second-order valence-corrected chi connectivity index (χ2v) is 6.37. The molecule has 1 saturated heterocycles. The van der Waals surface area contributed by atoms with Gasteiger partial charge < -0.3 is 14.7 Å². The lowest BCUT2D eigenvalue weighted by molar-refractivity contribution is 0.169. The number of piperazine rings is 1. The quantitative estimate of drug-likeness (QED) is 0.633. The van der Waals surface area contributed by atoms with Crippen LogP contribution < -0.4 is 5.32 Å². The fourth-order valence-corrected chi connectivity index (χ4v) is 3.03. The Bertz CT molecular complexity index is 678. The molecule has 3 rings (SSSR count). The van der Waals surface area contributed by atoms with Crippen LogP contribution in [0.3, 0.4) is 0 Å². The second kappa shape index (κ2) is 9.33. The van der Waals surface area contributed by atoms with Crippen molar-refractivity contribution in [2.45, 2.75) is 19.9 Å². The summed E-state index contributed by atoms with van der Waals surface area (Å²) in [5.74, 6) is 0.754. The Morgan fingerprint density at radius 3 is 2.62 bits per heavy atom. The highest BCUT2D eigenvalue weighted by molar-refractivity contribution is 5.80. The molecule has 1 aromatic heterocycles. The van der Waals surface area contributed by atoms with Crippen LogP contribution in [0.15, 0.2) is 46.1 Å². The van der Waals surface area contributed by atoms with Gasteiger partial charge in [0.25, 0.3) is 0 Å². The molecule has 1 fully saturated rings. The van der Waals surface area contributed by atoms with Crippen LogP contribution in [-0.4, -0.2) is 60.2 Å². The lowest BCUT2D eigenvalue weighted by Gasteiger charge is -2.36. The molecule has 1 aliphatic rings. The van der Waals surface area contributed by atoms with Gasteiger partial charge in [0.05, 0.1) is 5.69 Å². The van der Waals surface area contributed by atoms with Crippen LogP contribution in [0.25, 0.3) is 0 Å². The molecular formula is C19H26FN5O. The van der Waals surface area contributed by atoms with E-state index in [1.165, 1.54) is 12.1 Å². The summed E-state index contributed by atoms with van der Waals surface area (Å²) in [6, 6.07) is 8.55. The van der Waals surface area contributed by atoms with E-state index in [2.05, 4.69) is 27.2 Å². The number of hydrogen-bond acceptors (Lipinski definition) is 4. The maximum Gasteiger partial charge on any atom is 0.194 e. The summed E-state index contributed by atoms with van der Waals surface area (Å²) in [6.07, 6.45) is 2.42. The number of aliphatic imine (C=N–C) groups is 1. The van der Waals surface area contributed by atoms with E-state index in [9.17, 15) is 4.39 Å². The molecule has 0 spiro atoms. The third-order valence-electron chi connectivity index (χ3n) is 4.46. The lowest BCUT2D eigenvalue weighted by Crippen LogP contribution is -2.52. The minimum absolute atomic E-state index is 0.200. The van der Waals surface area contributed by atoms with Gasteiger partial charge in [-0.15, -0.1) is 0 Å². The van der Waals surface area contributed by atoms with Crippen molar-refractivity contribution in [3.63, 3.8) is 0 Å². The summed E-state index contributed by atoms with van der Waals surface area (Å²) >= 11 is 0. The molecule has 0 radical (unpaired) electrons. The number of guanidine groups is 1. The predicted molar refractivity (Wildman–Crippen MR) is 99.4 cm³/mol. The first kappa shape index (κ1) is 18.4. The molecule has 2 heterocycles. The minimum atomic E-state index is -0.200. The van der Waals surface area contributed by atoms with Crippen LogP contribution in [0.2, 0.25) is 0 Å². The van der Waals surface area contributed by atoms with Gasteiger partial charge in [0, 0.05) is 51.9 Å². The van der Waals surface area contributed by atoms with E-state index in [1.54, 1.807) is 6.26 Å². The molecule has 0 unspecified atom stereocenters. The predicted octanol–water partition coefficient (Wildman–Crippen LogP) is 2.14. The van der Waals surface area contributed by atoms with Gasteiger partial charge >= 0.3 is 0 Å². The minimum Gasteiger partial charge on any atom is -0.364 e. The molecule has 26 heavy (non-hydrogen) atoms. The van der Waals surface area contributed by atoms with Crippen LogP contribution in [0.4, 0.5) is 4.39 Å². The van der Waals surface area contributed by atoms with Crippen LogP contribution in [0, 0.1) is 5.82 Å².